The number of rotatable bonds is 11. The molecule has 0 bridgehead atoms. The monoisotopic (exact) mass is 508 g/mol. The van der Waals surface area contributed by atoms with E-state index in [1.807, 2.05) is 37.3 Å². The van der Waals surface area contributed by atoms with Crippen molar-refractivity contribution in [3.05, 3.63) is 71.6 Å². The number of benzene rings is 2. The average molecular weight is 509 g/mol. The third-order valence-corrected chi connectivity index (χ3v) is 5.35. The van der Waals surface area contributed by atoms with Gasteiger partial charge in [0.1, 0.15) is 23.2 Å². The number of hydrogen-bond acceptors (Lipinski definition) is 7. The molecule has 0 fully saturated rings. The first-order valence-electron chi connectivity index (χ1n) is 12.0. The van der Waals surface area contributed by atoms with Gasteiger partial charge in [-0.05, 0) is 70.5 Å². The summed E-state index contributed by atoms with van der Waals surface area (Å²) >= 11 is 0. The summed E-state index contributed by atoms with van der Waals surface area (Å²) in [7, 11) is 0. The number of amides is 1. The highest BCUT2D eigenvalue weighted by Gasteiger charge is 2.24. The predicted molar refractivity (Wildman–Crippen MR) is 137 cm³/mol. The van der Waals surface area contributed by atoms with Gasteiger partial charge in [0.05, 0.1) is 12.3 Å². The normalized spacial score (nSPS) is 12.0. The highest BCUT2D eigenvalue weighted by Crippen LogP contribution is 2.22. The summed E-state index contributed by atoms with van der Waals surface area (Å²) < 4.78 is 16.7. The minimum Gasteiger partial charge on any atom is -0.493 e. The zero-order chi connectivity index (χ0) is 27.0. The summed E-state index contributed by atoms with van der Waals surface area (Å²) in [5, 5.41) is 11.7. The molecule has 2 aromatic carbocycles. The van der Waals surface area contributed by atoms with E-state index in [4.69, 9.17) is 13.9 Å². The fourth-order valence-corrected chi connectivity index (χ4v) is 3.49. The number of alkyl carbamates (subject to hydrolysis) is 1. The van der Waals surface area contributed by atoms with Gasteiger partial charge in [0, 0.05) is 24.0 Å². The van der Waals surface area contributed by atoms with Crippen molar-refractivity contribution in [2.45, 2.75) is 58.6 Å². The number of carbonyl (C=O) groups is 3. The van der Waals surface area contributed by atoms with Crippen LogP contribution >= 0.6 is 0 Å². The Morgan fingerprint density at radius 1 is 1.05 bits per heavy atom. The molecule has 0 aliphatic carbocycles. The maximum absolute atomic E-state index is 12.6. The highest BCUT2D eigenvalue weighted by molar-refractivity contribution is 5.96. The minimum atomic E-state index is -1.24. The van der Waals surface area contributed by atoms with Gasteiger partial charge >= 0.3 is 12.1 Å². The number of hydrogen-bond donors (Lipinski definition) is 2. The summed E-state index contributed by atoms with van der Waals surface area (Å²) in [4.78, 5) is 40.5. The van der Waals surface area contributed by atoms with E-state index in [9.17, 15) is 19.5 Å². The highest BCUT2D eigenvalue weighted by atomic mass is 16.6. The first kappa shape index (κ1) is 27.4. The summed E-state index contributed by atoms with van der Waals surface area (Å²) in [5.74, 6) is 0.429. The molecule has 0 radical (unpaired) electrons. The van der Waals surface area contributed by atoms with Crippen molar-refractivity contribution in [3.63, 3.8) is 0 Å². The molecule has 196 valence electrons. The molecule has 1 amide bonds. The minimum absolute atomic E-state index is 0.0534. The summed E-state index contributed by atoms with van der Waals surface area (Å²) in [6, 6.07) is 15.1. The Morgan fingerprint density at radius 2 is 1.73 bits per heavy atom. The van der Waals surface area contributed by atoms with E-state index >= 15 is 0 Å². The lowest BCUT2D eigenvalue weighted by Crippen LogP contribution is -2.43. The number of Topliss-reactive ketones (excluding diaryl/α,β-unsaturated/α-hetero) is 1. The van der Waals surface area contributed by atoms with Crippen molar-refractivity contribution in [2.24, 2.45) is 0 Å². The van der Waals surface area contributed by atoms with Gasteiger partial charge in [-0.2, -0.15) is 0 Å². The van der Waals surface area contributed by atoms with Gasteiger partial charge in [-0.15, -0.1) is 0 Å². The molecule has 1 atom stereocenters. The number of carboxylic acid groups (broad SMARTS) is 1. The molecule has 9 heteroatoms. The lowest BCUT2D eigenvalue weighted by molar-refractivity contribution is -0.139. The maximum atomic E-state index is 12.6. The number of nitrogens with one attached hydrogen (secondary N) is 1. The van der Waals surface area contributed by atoms with Crippen LogP contribution in [0, 0.1) is 6.92 Å². The quantitative estimate of drug-likeness (QED) is 0.338. The Morgan fingerprint density at radius 3 is 2.35 bits per heavy atom. The molecule has 1 aromatic heterocycles. The van der Waals surface area contributed by atoms with Gasteiger partial charge in [-0.3, -0.25) is 4.79 Å². The Hall–Kier alpha value is -4.14. The van der Waals surface area contributed by atoms with Crippen LogP contribution in [-0.4, -0.2) is 46.2 Å². The second-order valence-corrected chi connectivity index (χ2v) is 9.51. The van der Waals surface area contributed by atoms with Crippen LogP contribution in [0.5, 0.6) is 5.75 Å². The smallest absolute Gasteiger partial charge is 0.408 e. The Balaban J connectivity index is 1.48. The molecule has 37 heavy (non-hydrogen) atoms. The largest absolute Gasteiger partial charge is 0.493 e. The lowest BCUT2D eigenvalue weighted by Gasteiger charge is -2.21. The summed E-state index contributed by atoms with van der Waals surface area (Å²) in [6.45, 7) is 7.28. The number of carbonyl (C=O) groups excluding carboxylic acids is 2. The molecule has 9 nitrogen and oxygen atoms in total. The molecule has 0 saturated carbocycles. The van der Waals surface area contributed by atoms with Crippen LogP contribution in [-0.2, 0) is 16.0 Å². The Bertz CT molecular complexity index is 1210. The average Bonchev–Trinajstić information content (AvgIpc) is 3.21. The van der Waals surface area contributed by atoms with Crippen LogP contribution in [0.4, 0.5) is 4.79 Å². The van der Waals surface area contributed by atoms with E-state index in [0.717, 1.165) is 17.0 Å². The van der Waals surface area contributed by atoms with E-state index in [1.54, 1.807) is 45.0 Å². The first-order chi connectivity index (χ1) is 17.5. The molecule has 2 N–H and O–H groups in total. The van der Waals surface area contributed by atoms with Gasteiger partial charge in [-0.25, -0.2) is 14.6 Å². The maximum Gasteiger partial charge on any atom is 0.408 e. The standard InChI is InChI=1S/C28H32N2O7/c1-18-22(29-25(36-18)20-8-6-5-7-9-20)16-17-35-21-12-10-19(11-13-21)24(31)15-14-23(26(32)33)30-27(34)37-28(2,3)4/h5-13,23H,14-17H2,1-4H3,(H,30,34)(H,32,33)/t23-/m0/s1. The van der Waals surface area contributed by atoms with Crippen molar-refractivity contribution in [3.8, 4) is 17.2 Å². The summed E-state index contributed by atoms with van der Waals surface area (Å²) in [5.41, 5.74) is 1.40. The summed E-state index contributed by atoms with van der Waals surface area (Å²) in [6.07, 6.45) is -0.397. The number of oxazole rings is 1. The van der Waals surface area contributed by atoms with Crippen LogP contribution in [0.1, 0.15) is 55.4 Å². The van der Waals surface area contributed by atoms with Crippen molar-refractivity contribution in [1.29, 1.82) is 0 Å². The van der Waals surface area contributed by atoms with Crippen LogP contribution in [0.15, 0.2) is 59.0 Å². The van der Waals surface area contributed by atoms with Crippen LogP contribution < -0.4 is 10.1 Å². The molecule has 0 spiro atoms. The number of nitrogens with zero attached hydrogens (tertiary/aromatic N) is 1. The van der Waals surface area contributed by atoms with E-state index in [0.29, 0.717) is 30.2 Å². The molecule has 3 rings (SSSR count). The Kier molecular flexibility index (Phi) is 9.05. The fourth-order valence-electron chi connectivity index (χ4n) is 3.49. The third-order valence-electron chi connectivity index (χ3n) is 5.35. The van der Waals surface area contributed by atoms with E-state index in [1.165, 1.54) is 0 Å². The molecule has 3 aromatic rings. The number of aryl methyl sites for hydroxylation is 1. The van der Waals surface area contributed by atoms with E-state index in [2.05, 4.69) is 10.3 Å². The molecular formula is C28H32N2O7. The lowest BCUT2D eigenvalue weighted by atomic mass is 10.0. The topological polar surface area (TPSA) is 128 Å². The molecule has 0 aliphatic rings. The third kappa shape index (κ3) is 8.49. The van der Waals surface area contributed by atoms with Crippen molar-refractivity contribution in [1.82, 2.24) is 10.3 Å². The van der Waals surface area contributed by atoms with E-state index in [-0.39, 0.29) is 18.6 Å². The van der Waals surface area contributed by atoms with Crippen molar-refractivity contribution < 1.29 is 33.4 Å². The van der Waals surface area contributed by atoms with Crippen molar-refractivity contribution >= 4 is 17.8 Å². The molecule has 1 heterocycles. The fraction of sp³-hybridized carbons (Fsp3) is 0.357. The number of carboxylic acids is 1. The molecule has 0 aliphatic heterocycles. The van der Waals surface area contributed by atoms with Gasteiger partial charge in [0.15, 0.2) is 5.78 Å². The van der Waals surface area contributed by atoms with Gasteiger partial charge in [0.2, 0.25) is 5.89 Å². The molecule has 0 saturated heterocycles. The number of ketones is 1. The van der Waals surface area contributed by atoms with Gasteiger partial charge in [-0.1, -0.05) is 18.2 Å². The van der Waals surface area contributed by atoms with E-state index < -0.39 is 23.7 Å². The second-order valence-electron chi connectivity index (χ2n) is 9.51. The first-order valence-corrected chi connectivity index (χ1v) is 12.0. The SMILES string of the molecule is Cc1oc(-c2ccccc2)nc1CCOc1ccc(C(=O)CC[C@H](NC(=O)OC(C)(C)C)C(=O)O)cc1. The second kappa shape index (κ2) is 12.2. The Labute approximate surface area is 215 Å². The van der Waals surface area contributed by atoms with Crippen LogP contribution in [0.3, 0.4) is 0 Å². The van der Waals surface area contributed by atoms with Gasteiger partial charge < -0.3 is 24.3 Å². The number of aliphatic carboxylic acids is 1. The molecule has 0 unspecified atom stereocenters. The van der Waals surface area contributed by atoms with Crippen LogP contribution in [0.25, 0.3) is 11.5 Å². The number of ether oxygens (including phenoxy) is 2. The number of aromatic nitrogens is 1. The zero-order valence-electron chi connectivity index (χ0n) is 21.4. The molecular weight excluding hydrogens is 476 g/mol. The van der Waals surface area contributed by atoms with Gasteiger partial charge in [0.25, 0.3) is 0 Å². The zero-order valence-corrected chi connectivity index (χ0v) is 21.4. The van der Waals surface area contributed by atoms with Crippen molar-refractivity contribution in [2.75, 3.05) is 6.61 Å². The van der Waals surface area contributed by atoms with Crippen LogP contribution in [0.2, 0.25) is 0 Å². The predicted octanol–water partition coefficient (Wildman–Crippen LogP) is 5.21.